The summed E-state index contributed by atoms with van der Waals surface area (Å²) in [5.41, 5.74) is 0. The van der Waals surface area contributed by atoms with E-state index < -0.39 is 0 Å². The molecule has 0 aliphatic rings. The van der Waals surface area contributed by atoms with Crippen LogP contribution in [0, 0.1) is 0 Å². The minimum atomic E-state index is 0.119. The fraction of sp³-hybridized carbons (Fsp3) is 0.700. The molecule has 0 unspecified atom stereocenters. The molecule has 0 saturated carbocycles. The molecule has 0 radical (unpaired) electrons. The van der Waals surface area contributed by atoms with Crippen molar-refractivity contribution in [3.05, 3.63) is 12.7 Å². The molecule has 14 heavy (non-hydrogen) atoms. The third kappa shape index (κ3) is 6.62. The minimum Gasteiger partial charge on any atom is -0.343 e. The van der Waals surface area contributed by atoms with Gasteiger partial charge in [-0.25, -0.2) is 0 Å². The molecule has 0 aliphatic carbocycles. The number of likely N-dealkylation sites (N-methyl/N-ethyl adjacent to an activating group) is 2. The van der Waals surface area contributed by atoms with Crippen LogP contribution in [0.4, 0.5) is 0 Å². The number of rotatable bonds is 7. The van der Waals surface area contributed by atoms with E-state index in [-0.39, 0.29) is 5.91 Å². The first kappa shape index (κ1) is 13.1. The van der Waals surface area contributed by atoms with Crippen molar-refractivity contribution in [3.8, 4) is 0 Å². The van der Waals surface area contributed by atoms with Crippen LogP contribution in [0.3, 0.4) is 0 Å². The van der Waals surface area contributed by atoms with Gasteiger partial charge in [-0.1, -0.05) is 6.08 Å². The van der Waals surface area contributed by atoms with Crippen molar-refractivity contribution < 1.29 is 4.79 Å². The highest BCUT2D eigenvalue weighted by molar-refractivity contribution is 5.77. The van der Waals surface area contributed by atoms with Crippen molar-refractivity contribution in [1.82, 2.24) is 15.1 Å². The predicted octanol–water partition coefficient (Wildman–Crippen LogP) is -0.218. The van der Waals surface area contributed by atoms with Crippen molar-refractivity contribution in [2.75, 3.05) is 47.3 Å². The van der Waals surface area contributed by atoms with Crippen molar-refractivity contribution in [1.29, 1.82) is 0 Å². The second kappa shape index (κ2) is 7.53. The molecule has 0 aromatic carbocycles. The predicted molar refractivity (Wildman–Crippen MR) is 59.3 cm³/mol. The number of nitrogens with zero attached hydrogens (tertiary/aromatic N) is 2. The van der Waals surface area contributed by atoms with E-state index >= 15 is 0 Å². The molecule has 0 aromatic rings. The van der Waals surface area contributed by atoms with Crippen LogP contribution in [-0.2, 0) is 4.79 Å². The summed E-state index contributed by atoms with van der Waals surface area (Å²) < 4.78 is 0. The summed E-state index contributed by atoms with van der Waals surface area (Å²) in [6.07, 6.45) is 1.74. The normalized spacial score (nSPS) is 10.3. The zero-order valence-electron chi connectivity index (χ0n) is 9.42. The molecule has 1 N–H and O–H groups in total. The number of hydrogen-bond acceptors (Lipinski definition) is 3. The Kier molecular flexibility index (Phi) is 7.06. The first-order valence-electron chi connectivity index (χ1n) is 4.78. The molecular weight excluding hydrogens is 178 g/mol. The van der Waals surface area contributed by atoms with Crippen LogP contribution in [0.2, 0.25) is 0 Å². The van der Waals surface area contributed by atoms with Crippen molar-refractivity contribution in [2.24, 2.45) is 0 Å². The first-order chi connectivity index (χ1) is 6.57. The van der Waals surface area contributed by atoms with Gasteiger partial charge in [-0.2, -0.15) is 0 Å². The molecule has 0 spiro atoms. The first-order valence-corrected chi connectivity index (χ1v) is 4.78. The van der Waals surface area contributed by atoms with Gasteiger partial charge in [-0.05, 0) is 14.1 Å². The zero-order chi connectivity index (χ0) is 11.0. The molecule has 4 heteroatoms. The van der Waals surface area contributed by atoms with E-state index in [1.54, 1.807) is 11.0 Å². The van der Waals surface area contributed by atoms with Gasteiger partial charge in [0, 0.05) is 26.7 Å². The number of nitrogens with one attached hydrogen (secondary N) is 1. The largest absolute Gasteiger partial charge is 0.343 e. The van der Waals surface area contributed by atoms with Crippen molar-refractivity contribution in [3.63, 3.8) is 0 Å². The molecule has 0 atom stereocenters. The number of carbonyl (C=O) groups excluding carboxylic acids is 1. The van der Waals surface area contributed by atoms with Crippen LogP contribution in [-0.4, -0.2) is 63.0 Å². The van der Waals surface area contributed by atoms with Crippen molar-refractivity contribution in [2.45, 2.75) is 0 Å². The fourth-order valence-electron chi connectivity index (χ4n) is 0.891. The Hall–Kier alpha value is -0.870. The summed E-state index contributed by atoms with van der Waals surface area (Å²) >= 11 is 0. The fourth-order valence-corrected chi connectivity index (χ4v) is 0.891. The summed E-state index contributed by atoms with van der Waals surface area (Å²) in [5.74, 6) is 0.119. The minimum absolute atomic E-state index is 0.119. The van der Waals surface area contributed by atoms with Crippen LogP contribution in [0.25, 0.3) is 0 Å². The van der Waals surface area contributed by atoms with E-state index in [1.807, 2.05) is 21.1 Å². The molecule has 82 valence electrons. The van der Waals surface area contributed by atoms with E-state index in [1.165, 1.54) is 0 Å². The number of carbonyl (C=O) groups is 1. The number of amides is 1. The molecule has 0 saturated heterocycles. The molecule has 1 amide bonds. The Bertz CT molecular complexity index is 180. The summed E-state index contributed by atoms with van der Waals surface area (Å²) in [5, 5.41) is 2.98. The van der Waals surface area contributed by atoms with E-state index in [0.717, 1.165) is 13.1 Å². The molecule has 0 aliphatic heterocycles. The van der Waals surface area contributed by atoms with Crippen molar-refractivity contribution >= 4 is 5.91 Å². The maximum atomic E-state index is 11.4. The quantitative estimate of drug-likeness (QED) is 0.455. The Balaban J connectivity index is 3.59. The second-order valence-electron chi connectivity index (χ2n) is 3.54. The van der Waals surface area contributed by atoms with Crippen LogP contribution in [0.15, 0.2) is 12.7 Å². The smallest absolute Gasteiger partial charge is 0.236 e. The Labute approximate surface area is 86.6 Å². The van der Waals surface area contributed by atoms with Gasteiger partial charge < -0.3 is 15.1 Å². The van der Waals surface area contributed by atoms with E-state index in [9.17, 15) is 4.79 Å². The van der Waals surface area contributed by atoms with Gasteiger partial charge in [0.15, 0.2) is 0 Å². The average Bonchev–Trinajstić information content (AvgIpc) is 2.14. The highest BCUT2D eigenvalue weighted by Crippen LogP contribution is 1.85. The van der Waals surface area contributed by atoms with E-state index in [0.29, 0.717) is 13.1 Å². The maximum Gasteiger partial charge on any atom is 0.236 e. The Morgan fingerprint density at radius 2 is 2.00 bits per heavy atom. The lowest BCUT2D eigenvalue weighted by atomic mass is 10.4. The lowest BCUT2D eigenvalue weighted by Gasteiger charge is -2.19. The molecule has 0 heterocycles. The highest BCUT2D eigenvalue weighted by Gasteiger charge is 2.06. The monoisotopic (exact) mass is 199 g/mol. The van der Waals surface area contributed by atoms with Gasteiger partial charge in [0.2, 0.25) is 5.91 Å². The summed E-state index contributed by atoms with van der Waals surface area (Å²) in [6, 6.07) is 0. The Morgan fingerprint density at radius 3 is 2.50 bits per heavy atom. The summed E-state index contributed by atoms with van der Waals surface area (Å²) in [7, 11) is 5.81. The molecule has 0 rings (SSSR count). The van der Waals surface area contributed by atoms with E-state index in [4.69, 9.17) is 0 Å². The maximum absolute atomic E-state index is 11.4. The SMILES string of the molecule is C=CCNCC(=O)N(C)CCN(C)C. The lowest BCUT2D eigenvalue weighted by Crippen LogP contribution is -2.39. The van der Waals surface area contributed by atoms with Gasteiger partial charge in [-0.3, -0.25) is 4.79 Å². The van der Waals surface area contributed by atoms with Gasteiger partial charge in [0.1, 0.15) is 0 Å². The summed E-state index contributed by atoms with van der Waals surface area (Å²) in [6.45, 7) is 6.28. The summed E-state index contributed by atoms with van der Waals surface area (Å²) in [4.78, 5) is 15.2. The molecule has 0 aromatic heterocycles. The number of hydrogen-bond donors (Lipinski definition) is 1. The van der Waals surface area contributed by atoms with Crippen LogP contribution in [0.1, 0.15) is 0 Å². The average molecular weight is 199 g/mol. The zero-order valence-corrected chi connectivity index (χ0v) is 9.42. The van der Waals surface area contributed by atoms with Gasteiger partial charge in [0.05, 0.1) is 6.54 Å². The third-order valence-electron chi connectivity index (χ3n) is 1.87. The highest BCUT2D eigenvalue weighted by atomic mass is 16.2. The van der Waals surface area contributed by atoms with Gasteiger partial charge in [-0.15, -0.1) is 6.58 Å². The third-order valence-corrected chi connectivity index (χ3v) is 1.87. The molecule has 4 nitrogen and oxygen atoms in total. The van der Waals surface area contributed by atoms with Gasteiger partial charge in [0.25, 0.3) is 0 Å². The van der Waals surface area contributed by atoms with Crippen LogP contribution in [0.5, 0.6) is 0 Å². The van der Waals surface area contributed by atoms with Crippen LogP contribution >= 0.6 is 0 Å². The molecule has 0 bridgehead atoms. The van der Waals surface area contributed by atoms with E-state index in [2.05, 4.69) is 16.8 Å². The topological polar surface area (TPSA) is 35.6 Å². The standard InChI is InChI=1S/C10H21N3O/c1-5-6-11-9-10(14)13(4)8-7-12(2)3/h5,11H,1,6-9H2,2-4H3. The molecule has 0 fully saturated rings. The lowest BCUT2D eigenvalue weighted by molar-refractivity contribution is -0.129. The van der Waals surface area contributed by atoms with Gasteiger partial charge >= 0.3 is 0 Å². The van der Waals surface area contributed by atoms with Crippen LogP contribution < -0.4 is 5.32 Å². The molecular formula is C10H21N3O. The second-order valence-corrected chi connectivity index (χ2v) is 3.54. The Morgan fingerprint density at radius 1 is 1.36 bits per heavy atom.